The number of pyridine rings is 1. The summed E-state index contributed by atoms with van der Waals surface area (Å²) in [5, 5.41) is 10.2. The van der Waals surface area contributed by atoms with Crippen molar-refractivity contribution in [3.8, 4) is 0 Å². The van der Waals surface area contributed by atoms with Crippen LogP contribution in [0.5, 0.6) is 0 Å². The van der Waals surface area contributed by atoms with Crippen molar-refractivity contribution in [1.82, 2.24) is 4.98 Å². The number of nitrogens with two attached hydrogens (primary N) is 1. The van der Waals surface area contributed by atoms with Gasteiger partial charge in [-0.25, -0.2) is 0 Å². The molecule has 1 rings (SSSR count). The minimum Gasteiger partial charge on any atom is -0.330 e. The molecule has 0 spiro atoms. The van der Waals surface area contributed by atoms with Crippen LogP contribution in [0.3, 0.4) is 0 Å². The van der Waals surface area contributed by atoms with Gasteiger partial charge in [-0.3, -0.25) is 15.1 Å². The van der Waals surface area contributed by atoms with Crippen molar-refractivity contribution in [1.29, 1.82) is 0 Å². The predicted octanol–water partition coefficient (Wildman–Crippen LogP) is 0.491. The molecular weight excluding hydrogens is 158 g/mol. The Bertz CT molecular complexity index is 270. The Balaban J connectivity index is 2.78. The van der Waals surface area contributed by atoms with Crippen molar-refractivity contribution in [2.45, 2.75) is 6.42 Å². The largest absolute Gasteiger partial charge is 0.330 e. The smallest absolute Gasteiger partial charge is 0.287 e. The number of aromatic nitrogens is 1. The van der Waals surface area contributed by atoms with E-state index in [1.165, 1.54) is 12.3 Å². The van der Waals surface area contributed by atoms with Crippen LogP contribution in [0.1, 0.15) is 5.69 Å². The van der Waals surface area contributed by atoms with E-state index in [0.717, 1.165) is 5.69 Å². The fourth-order valence-electron chi connectivity index (χ4n) is 0.820. The Morgan fingerprint density at radius 3 is 2.75 bits per heavy atom. The van der Waals surface area contributed by atoms with E-state index in [2.05, 4.69) is 4.98 Å². The Morgan fingerprint density at radius 2 is 2.33 bits per heavy atom. The van der Waals surface area contributed by atoms with Crippen molar-refractivity contribution in [2.24, 2.45) is 5.73 Å². The Kier molecular flexibility index (Phi) is 2.71. The lowest BCUT2D eigenvalue weighted by Gasteiger charge is -1.95. The van der Waals surface area contributed by atoms with Gasteiger partial charge in [-0.15, -0.1) is 0 Å². The van der Waals surface area contributed by atoms with Crippen molar-refractivity contribution in [2.75, 3.05) is 6.54 Å². The number of hydrogen-bond acceptors (Lipinski definition) is 4. The molecule has 0 bridgehead atoms. The molecule has 0 fully saturated rings. The van der Waals surface area contributed by atoms with Crippen molar-refractivity contribution in [3.63, 3.8) is 0 Å². The fraction of sp³-hybridized carbons (Fsp3) is 0.286. The molecule has 0 amide bonds. The maximum absolute atomic E-state index is 10.2. The van der Waals surface area contributed by atoms with Crippen LogP contribution < -0.4 is 5.73 Å². The van der Waals surface area contributed by atoms with Crippen LogP contribution in [-0.4, -0.2) is 16.5 Å². The number of nitrogens with zero attached hydrogens (tertiary/aromatic N) is 2. The highest BCUT2D eigenvalue weighted by Gasteiger charge is 2.03. The predicted molar refractivity (Wildman–Crippen MR) is 43.6 cm³/mol. The van der Waals surface area contributed by atoms with Crippen LogP contribution in [-0.2, 0) is 6.42 Å². The minimum atomic E-state index is -0.473. The van der Waals surface area contributed by atoms with E-state index in [0.29, 0.717) is 13.0 Å². The molecule has 5 heteroatoms. The second kappa shape index (κ2) is 3.77. The first-order valence-electron chi connectivity index (χ1n) is 3.53. The molecule has 12 heavy (non-hydrogen) atoms. The molecule has 0 aliphatic carbocycles. The second-order valence-corrected chi connectivity index (χ2v) is 2.30. The summed E-state index contributed by atoms with van der Waals surface area (Å²) in [5.74, 6) is 0. The van der Waals surface area contributed by atoms with Gasteiger partial charge in [0.25, 0.3) is 5.69 Å². The average molecular weight is 167 g/mol. The lowest BCUT2D eigenvalue weighted by molar-refractivity contribution is -0.385. The minimum absolute atomic E-state index is 0.00997. The lowest BCUT2D eigenvalue weighted by Crippen LogP contribution is -2.04. The molecular formula is C7H9N3O2. The van der Waals surface area contributed by atoms with Gasteiger partial charge in [0.15, 0.2) is 0 Å². The maximum Gasteiger partial charge on any atom is 0.287 e. The zero-order valence-corrected chi connectivity index (χ0v) is 6.43. The molecule has 1 heterocycles. The van der Waals surface area contributed by atoms with Gasteiger partial charge in [0.05, 0.1) is 4.92 Å². The van der Waals surface area contributed by atoms with Crippen LogP contribution in [0.15, 0.2) is 18.3 Å². The van der Waals surface area contributed by atoms with Gasteiger partial charge in [0.2, 0.25) is 0 Å². The summed E-state index contributed by atoms with van der Waals surface area (Å²) in [4.78, 5) is 13.6. The molecule has 0 aliphatic heterocycles. The third-order valence-electron chi connectivity index (χ3n) is 1.42. The molecule has 0 aliphatic rings. The molecule has 1 aromatic heterocycles. The summed E-state index contributed by atoms with van der Waals surface area (Å²) in [6, 6.07) is 3.04. The molecule has 1 aromatic rings. The fourth-order valence-corrected chi connectivity index (χ4v) is 0.820. The Labute approximate surface area is 69.4 Å². The molecule has 0 unspecified atom stereocenters. The number of nitro groups is 1. The van der Waals surface area contributed by atoms with Gasteiger partial charge < -0.3 is 5.73 Å². The highest BCUT2D eigenvalue weighted by atomic mass is 16.6. The van der Waals surface area contributed by atoms with E-state index < -0.39 is 4.92 Å². The molecule has 64 valence electrons. The van der Waals surface area contributed by atoms with Gasteiger partial charge >= 0.3 is 0 Å². The van der Waals surface area contributed by atoms with Crippen LogP contribution in [0.25, 0.3) is 0 Å². The molecule has 0 atom stereocenters. The SMILES string of the molecule is NCCc1ccc([N+](=O)[O-])cn1. The van der Waals surface area contributed by atoms with E-state index in [1.807, 2.05) is 0 Å². The number of hydrogen-bond donors (Lipinski definition) is 1. The second-order valence-electron chi connectivity index (χ2n) is 2.30. The maximum atomic E-state index is 10.2. The summed E-state index contributed by atoms with van der Waals surface area (Å²) in [6.07, 6.45) is 1.89. The van der Waals surface area contributed by atoms with E-state index >= 15 is 0 Å². The van der Waals surface area contributed by atoms with Gasteiger partial charge in [-0.2, -0.15) is 0 Å². The lowest BCUT2D eigenvalue weighted by atomic mass is 10.2. The summed E-state index contributed by atoms with van der Waals surface area (Å²) >= 11 is 0. The summed E-state index contributed by atoms with van der Waals surface area (Å²) in [5.41, 5.74) is 6.08. The van der Waals surface area contributed by atoms with Gasteiger partial charge in [0, 0.05) is 18.2 Å². The summed E-state index contributed by atoms with van der Waals surface area (Å²) in [6.45, 7) is 0.505. The highest BCUT2D eigenvalue weighted by molar-refractivity contribution is 5.26. The zero-order chi connectivity index (χ0) is 8.97. The number of rotatable bonds is 3. The van der Waals surface area contributed by atoms with Crippen LogP contribution in [0.2, 0.25) is 0 Å². The summed E-state index contributed by atoms with van der Waals surface area (Å²) in [7, 11) is 0. The van der Waals surface area contributed by atoms with Crippen LogP contribution in [0, 0.1) is 10.1 Å². The molecule has 5 nitrogen and oxygen atoms in total. The molecule has 0 saturated carbocycles. The van der Waals surface area contributed by atoms with Crippen molar-refractivity contribution < 1.29 is 4.92 Å². The molecule has 0 radical (unpaired) electrons. The van der Waals surface area contributed by atoms with Crippen LogP contribution >= 0.6 is 0 Å². The quantitative estimate of drug-likeness (QED) is 0.524. The van der Waals surface area contributed by atoms with Gasteiger partial charge in [-0.05, 0) is 12.6 Å². The average Bonchev–Trinajstić information content (AvgIpc) is 2.06. The monoisotopic (exact) mass is 167 g/mol. The topological polar surface area (TPSA) is 82.0 Å². The van der Waals surface area contributed by atoms with E-state index in [1.54, 1.807) is 6.07 Å². The molecule has 2 N–H and O–H groups in total. The van der Waals surface area contributed by atoms with Gasteiger partial charge in [-0.1, -0.05) is 0 Å². The molecule has 0 saturated heterocycles. The van der Waals surface area contributed by atoms with E-state index in [-0.39, 0.29) is 5.69 Å². The van der Waals surface area contributed by atoms with Crippen molar-refractivity contribution >= 4 is 5.69 Å². The molecule has 0 aromatic carbocycles. The standard InChI is InChI=1S/C7H9N3O2/c8-4-3-6-1-2-7(5-9-6)10(11)12/h1-2,5H,3-4,8H2. The first kappa shape index (κ1) is 8.61. The Morgan fingerprint density at radius 1 is 1.58 bits per heavy atom. The Hall–Kier alpha value is -1.49. The first-order valence-corrected chi connectivity index (χ1v) is 3.53. The third kappa shape index (κ3) is 2.00. The van der Waals surface area contributed by atoms with E-state index in [4.69, 9.17) is 5.73 Å². The normalized spacial score (nSPS) is 9.75. The first-order chi connectivity index (χ1) is 5.74. The van der Waals surface area contributed by atoms with E-state index in [9.17, 15) is 10.1 Å². The highest BCUT2D eigenvalue weighted by Crippen LogP contribution is 2.08. The van der Waals surface area contributed by atoms with Crippen molar-refractivity contribution in [3.05, 3.63) is 34.1 Å². The third-order valence-corrected chi connectivity index (χ3v) is 1.42. The van der Waals surface area contributed by atoms with Gasteiger partial charge in [0.1, 0.15) is 6.20 Å². The zero-order valence-electron chi connectivity index (χ0n) is 6.43. The van der Waals surface area contributed by atoms with Crippen LogP contribution in [0.4, 0.5) is 5.69 Å². The summed E-state index contributed by atoms with van der Waals surface area (Å²) < 4.78 is 0.